The first kappa shape index (κ1) is 32.0. The summed E-state index contributed by atoms with van der Waals surface area (Å²) in [7, 11) is 0. The summed E-state index contributed by atoms with van der Waals surface area (Å²) in [5.41, 5.74) is 3.28. The molecule has 4 atom stereocenters. The minimum absolute atomic E-state index is 0.00112. The lowest BCUT2D eigenvalue weighted by Crippen LogP contribution is -2.45. The van der Waals surface area contributed by atoms with Gasteiger partial charge in [-0.05, 0) is 97.7 Å². The van der Waals surface area contributed by atoms with Crippen LogP contribution in [-0.2, 0) is 20.8 Å². The second-order valence-corrected chi connectivity index (χ2v) is 13.1. The molecule has 44 heavy (non-hydrogen) atoms. The van der Waals surface area contributed by atoms with Gasteiger partial charge in [0.25, 0.3) is 0 Å². The lowest BCUT2D eigenvalue weighted by atomic mass is 9.64. The number of carboxylic acids is 1. The van der Waals surface area contributed by atoms with Crippen LogP contribution in [-0.4, -0.2) is 53.5 Å². The monoisotopic (exact) mass is 606 g/mol. The summed E-state index contributed by atoms with van der Waals surface area (Å²) in [5, 5.41) is 10.6. The van der Waals surface area contributed by atoms with Gasteiger partial charge in [-0.3, -0.25) is 14.4 Å². The maximum atomic E-state index is 14.3. The highest BCUT2D eigenvalue weighted by atomic mass is 19.1. The van der Waals surface area contributed by atoms with Crippen molar-refractivity contribution in [3.8, 4) is 5.75 Å². The van der Waals surface area contributed by atoms with Crippen molar-refractivity contribution < 1.29 is 28.6 Å². The van der Waals surface area contributed by atoms with Crippen molar-refractivity contribution in [2.24, 2.45) is 17.8 Å². The number of carboxylic acid groups (broad SMARTS) is 1. The third kappa shape index (κ3) is 6.94. The van der Waals surface area contributed by atoms with Gasteiger partial charge in [0.15, 0.2) is 0 Å². The smallest absolute Gasteiger partial charge is 0.307 e. The summed E-state index contributed by atoms with van der Waals surface area (Å²) >= 11 is 0. The molecule has 1 aliphatic carbocycles. The Morgan fingerprint density at radius 1 is 1.09 bits per heavy atom. The summed E-state index contributed by atoms with van der Waals surface area (Å²) in [4.78, 5) is 43.6. The number of carbonyl (C=O) groups is 3. The predicted molar refractivity (Wildman–Crippen MR) is 168 cm³/mol. The van der Waals surface area contributed by atoms with Crippen molar-refractivity contribution >= 4 is 23.5 Å². The number of halogens is 1. The number of benzene rings is 2. The Hall–Kier alpha value is -3.42. The Morgan fingerprint density at radius 2 is 1.86 bits per heavy atom. The topological polar surface area (TPSA) is 87.2 Å². The molecule has 2 amide bonds. The van der Waals surface area contributed by atoms with Gasteiger partial charge in [-0.25, -0.2) is 4.39 Å². The van der Waals surface area contributed by atoms with E-state index in [1.165, 1.54) is 6.07 Å². The first-order chi connectivity index (χ1) is 21.2. The lowest BCUT2D eigenvalue weighted by molar-refractivity contribution is -0.148. The molecule has 1 saturated carbocycles. The van der Waals surface area contributed by atoms with Crippen LogP contribution in [0.2, 0.25) is 0 Å². The summed E-state index contributed by atoms with van der Waals surface area (Å²) < 4.78 is 20.0. The van der Waals surface area contributed by atoms with Crippen LogP contribution in [0.5, 0.6) is 5.75 Å². The molecule has 5 rings (SSSR count). The number of fused-ring (bicyclic) bond motifs is 1. The van der Waals surface area contributed by atoms with E-state index in [4.69, 9.17) is 4.74 Å². The molecule has 0 bridgehead atoms. The largest absolute Gasteiger partial charge is 0.493 e. The molecule has 238 valence electrons. The summed E-state index contributed by atoms with van der Waals surface area (Å²) in [6.45, 7) is 7.63. The number of aryl methyl sites for hydroxylation is 1. The number of carbonyl (C=O) groups excluding carboxylic acids is 2. The van der Waals surface area contributed by atoms with Crippen molar-refractivity contribution in [3.05, 3.63) is 58.9 Å². The number of ether oxygens (including phenoxy) is 1. The third-order valence-electron chi connectivity index (χ3n) is 9.98. The Bertz CT molecular complexity index is 1360. The molecular formula is C36H47FN2O5. The SMILES string of the molecule is CCCC(CCC)N(C(=O)CC1C[C@@H](CN2CCCC2=O)[C@H](C(=O)O)[C@@H](c2ccc3c(c2)CCO3)C1)c1ccc(F)c(C)c1. The van der Waals surface area contributed by atoms with Crippen molar-refractivity contribution in [2.45, 2.75) is 96.9 Å². The molecular weight excluding hydrogens is 559 g/mol. The minimum Gasteiger partial charge on any atom is -0.493 e. The van der Waals surface area contributed by atoms with Crippen LogP contribution in [0.15, 0.2) is 36.4 Å². The van der Waals surface area contributed by atoms with E-state index in [9.17, 15) is 23.9 Å². The van der Waals surface area contributed by atoms with Gasteiger partial charge in [-0.15, -0.1) is 0 Å². The highest BCUT2D eigenvalue weighted by Crippen LogP contribution is 2.47. The molecule has 2 aromatic carbocycles. The molecule has 0 radical (unpaired) electrons. The number of aliphatic carboxylic acids is 1. The van der Waals surface area contributed by atoms with E-state index < -0.39 is 11.9 Å². The number of hydrogen-bond donors (Lipinski definition) is 1. The van der Waals surface area contributed by atoms with Crippen molar-refractivity contribution in [3.63, 3.8) is 0 Å². The van der Waals surface area contributed by atoms with E-state index in [1.54, 1.807) is 19.1 Å². The molecule has 2 aromatic rings. The van der Waals surface area contributed by atoms with E-state index >= 15 is 0 Å². The van der Waals surface area contributed by atoms with Gasteiger partial charge in [-0.2, -0.15) is 0 Å². The Kier molecular flexibility index (Phi) is 10.3. The Balaban J connectivity index is 1.47. The van der Waals surface area contributed by atoms with Gasteiger partial charge >= 0.3 is 5.97 Å². The standard InChI is InChI=1S/C36H47FN2O5/c1-4-7-28(8-5-2)39(29-11-12-31(37)23(3)17-29)34(41)20-24-18-27(22-38-15-6-9-33(38)40)35(36(42)43)30(19-24)25-10-13-32-26(21-25)14-16-44-32/h10-13,17,21,24,27-28,30,35H,4-9,14-16,18-20,22H2,1-3H3,(H,42,43)/t24?,27-,30+,35-/m0/s1. The summed E-state index contributed by atoms with van der Waals surface area (Å²) in [5.74, 6) is -1.46. The van der Waals surface area contributed by atoms with Crippen LogP contribution in [0.1, 0.15) is 94.2 Å². The van der Waals surface area contributed by atoms with E-state index in [-0.39, 0.29) is 47.8 Å². The van der Waals surface area contributed by atoms with E-state index in [2.05, 4.69) is 19.9 Å². The molecule has 2 heterocycles. The molecule has 8 heteroatoms. The molecule has 7 nitrogen and oxygen atoms in total. The van der Waals surface area contributed by atoms with E-state index in [0.717, 1.165) is 61.1 Å². The zero-order valence-electron chi connectivity index (χ0n) is 26.4. The zero-order chi connectivity index (χ0) is 31.4. The third-order valence-corrected chi connectivity index (χ3v) is 9.98. The Morgan fingerprint density at radius 3 is 2.52 bits per heavy atom. The van der Waals surface area contributed by atoms with Crippen LogP contribution in [0, 0.1) is 30.5 Å². The number of hydrogen-bond acceptors (Lipinski definition) is 4. The lowest BCUT2D eigenvalue weighted by Gasteiger charge is -2.42. The van der Waals surface area contributed by atoms with Gasteiger partial charge in [-0.1, -0.05) is 38.8 Å². The number of amides is 2. The molecule has 0 aromatic heterocycles. The van der Waals surface area contributed by atoms with Gasteiger partial charge in [0.2, 0.25) is 11.8 Å². The van der Waals surface area contributed by atoms with Crippen molar-refractivity contribution in [1.29, 1.82) is 0 Å². The van der Waals surface area contributed by atoms with Crippen LogP contribution in [0.25, 0.3) is 0 Å². The number of nitrogens with zero attached hydrogens (tertiary/aromatic N) is 2. The van der Waals surface area contributed by atoms with Gasteiger partial charge in [0.05, 0.1) is 12.5 Å². The second-order valence-electron chi connectivity index (χ2n) is 13.1. The highest BCUT2D eigenvalue weighted by molar-refractivity contribution is 5.94. The van der Waals surface area contributed by atoms with Gasteiger partial charge in [0.1, 0.15) is 11.6 Å². The highest BCUT2D eigenvalue weighted by Gasteiger charge is 2.45. The van der Waals surface area contributed by atoms with Crippen LogP contribution >= 0.6 is 0 Å². The molecule has 1 saturated heterocycles. The number of rotatable bonds is 12. The normalized spacial score (nSPS) is 23.1. The van der Waals surface area contributed by atoms with Crippen LogP contribution < -0.4 is 9.64 Å². The predicted octanol–water partition coefficient (Wildman–Crippen LogP) is 6.89. The number of likely N-dealkylation sites (tertiary alicyclic amines) is 1. The first-order valence-corrected chi connectivity index (χ1v) is 16.5. The molecule has 2 fully saturated rings. The minimum atomic E-state index is -0.845. The fourth-order valence-electron chi connectivity index (χ4n) is 7.95. The molecule has 1 N–H and O–H groups in total. The molecule has 0 spiro atoms. The maximum absolute atomic E-state index is 14.3. The van der Waals surface area contributed by atoms with Crippen molar-refractivity contribution in [2.75, 3.05) is 24.6 Å². The van der Waals surface area contributed by atoms with E-state index in [0.29, 0.717) is 44.5 Å². The summed E-state index contributed by atoms with van der Waals surface area (Å²) in [6, 6.07) is 10.9. The second kappa shape index (κ2) is 14.1. The fourth-order valence-corrected chi connectivity index (χ4v) is 7.95. The van der Waals surface area contributed by atoms with Crippen LogP contribution in [0.3, 0.4) is 0 Å². The quantitative estimate of drug-likeness (QED) is 0.284. The zero-order valence-corrected chi connectivity index (χ0v) is 26.4. The average Bonchev–Trinajstić information content (AvgIpc) is 3.63. The summed E-state index contributed by atoms with van der Waals surface area (Å²) in [6.07, 6.45) is 7.07. The Labute approximate surface area is 260 Å². The van der Waals surface area contributed by atoms with E-state index in [1.807, 2.05) is 21.9 Å². The van der Waals surface area contributed by atoms with Crippen LogP contribution in [0.4, 0.5) is 10.1 Å². The van der Waals surface area contributed by atoms with Gasteiger partial charge < -0.3 is 19.6 Å². The van der Waals surface area contributed by atoms with Crippen molar-refractivity contribution in [1.82, 2.24) is 4.90 Å². The fraction of sp³-hybridized carbons (Fsp3) is 0.583. The molecule has 2 aliphatic heterocycles. The number of anilines is 1. The van der Waals surface area contributed by atoms with Gasteiger partial charge in [0, 0.05) is 44.1 Å². The molecule has 3 aliphatic rings. The average molecular weight is 607 g/mol. The maximum Gasteiger partial charge on any atom is 0.307 e. The molecule has 1 unspecified atom stereocenters. The first-order valence-electron chi connectivity index (χ1n) is 16.5.